The third-order valence-electron chi connectivity index (χ3n) is 2.82. The molecule has 0 aliphatic heterocycles. The number of nitrogens with zero attached hydrogens (tertiary/aromatic N) is 1. The zero-order valence-electron chi connectivity index (χ0n) is 10.6. The van der Waals surface area contributed by atoms with Gasteiger partial charge >= 0.3 is 5.97 Å². The van der Waals surface area contributed by atoms with E-state index < -0.39 is 17.8 Å². The maximum absolute atomic E-state index is 13.0. The Morgan fingerprint density at radius 1 is 1.44 bits per heavy atom. The summed E-state index contributed by atoms with van der Waals surface area (Å²) in [6, 6.07) is 2.80. The van der Waals surface area contributed by atoms with Gasteiger partial charge in [0, 0.05) is 13.5 Å². The smallest absolute Gasteiger partial charge is 0.331 e. The highest BCUT2D eigenvalue weighted by Gasteiger charge is 2.29. The van der Waals surface area contributed by atoms with Crippen LogP contribution in [0.1, 0.15) is 31.0 Å². The van der Waals surface area contributed by atoms with Crippen LogP contribution >= 0.6 is 0 Å². The number of likely N-dealkylation sites (N-methyl/N-ethyl adjacent to an activating group) is 1. The van der Waals surface area contributed by atoms with Gasteiger partial charge in [-0.25, -0.2) is 9.18 Å². The molecule has 1 N–H and O–H groups in total. The maximum Gasteiger partial charge on any atom is 0.331 e. The van der Waals surface area contributed by atoms with Crippen molar-refractivity contribution >= 4 is 11.9 Å². The second kappa shape index (κ2) is 5.62. The van der Waals surface area contributed by atoms with Gasteiger partial charge in [-0.3, -0.25) is 4.79 Å². The molecule has 0 saturated carbocycles. The van der Waals surface area contributed by atoms with Crippen molar-refractivity contribution in [2.24, 2.45) is 0 Å². The van der Waals surface area contributed by atoms with E-state index in [1.165, 1.54) is 30.0 Å². The fourth-order valence-corrected chi connectivity index (χ4v) is 1.97. The lowest BCUT2D eigenvalue weighted by Crippen LogP contribution is -2.37. The van der Waals surface area contributed by atoms with E-state index in [0.29, 0.717) is 11.1 Å². The van der Waals surface area contributed by atoms with Crippen LogP contribution in [0.4, 0.5) is 4.39 Å². The number of hydrogen-bond donors (Lipinski definition) is 1. The molecule has 98 valence electrons. The predicted octanol–water partition coefficient (Wildman–Crippen LogP) is 2.13. The average molecular weight is 253 g/mol. The van der Waals surface area contributed by atoms with E-state index in [4.69, 9.17) is 0 Å². The lowest BCUT2D eigenvalue weighted by Gasteiger charge is -2.28. The molecule has 0 saturated heterocycles. The minimum absolute atomic E-state index is 0.281. The summed E-state index contributed by atoms with van der Waals surface area (Å²) >= 11 is 0. The first-order chi connectivity index (χ1) is 8.38. The number of rotatable bonds is 4. The second-order valence-electron chi connectivity index (χ2n) is 4.05. The van der Waals surface area contributed by atoms with Crippen LogP contribution < -0.4 is 0 Å². The van der Waals surface area contributed by atoms with Crippen molar-refractivity contribution in [3.05, 3.63) is 35.1 Å². The van der Waals surface area contributed by atoms with Crippen LogP contribution in [0.25, 0.3) is 0 Å². The maximum atomic E-state index is 13.0. The molecule has 1 aromatic carbocycles. The fourth-order valence-electron chi connectivity index (χ4n) is 1.97. The molecule has 18 heavy (non-hydrogen) atoms. The summed E-state index contributed by atoms with van der Waals surface area (Å²) in [6.07, 6.45) is 0. The highest BCUT2D eigenvalue weighted by Crippen LogP contribution is 2.25. The number of carbonyl (C=O) groups is 2. The normalized spacial score (nSPS) is 12.0. The predicted molar refractivity (Wildman–Crippen MR) is 64.6 cm³/mol. The summed E-state index contributed by atoms with van der Waals surface area (Å²) in [4.78, 5) is 24.1. The quantitative estimate of drug-likeness (QED) is 0.894. The van der Waals surface area contributed by atoms with Crippen molar-refractivity contribution in [3.63, 3.8) is 0 Å². The molecule has 1 amide bonds. The van der Waals surface area contributed by atoms with Crippen LogP contribution in [-0.4, -0.2) is 28.4 Å². The summed E-state index contributed by atoms with van der Waals surface area (Å²) in [5.41, 5.74) is 0.947. The molecule has 1 unspecified atom stereocenters. The van der Waals surface area contributed by atoms with Crippen LogP contribution in [0, 0.1) is 12.7 Å². The lowest BCUT2D eigenvalue weighted by atomic mass is 9.99. The highest BCUT2D eigenvalue weighted by molar-refractivity contribution is 5.83. The largest absolute Gasteiger partial charge is 0.479 e. The molecule has 0 heterocycles. The molecule has 0 aliphatic carbocycles. The Hall–Kier alpha value is -1.91. The van der Waals surface area contributed by atoms with Gasteiger partial charge in [-0.2, -0.15) is 0 Å². The molecule has 0 aromatic heterocycles. The van der Waals surface area contributed by atoms with Gasteiger partial charge in [-0.05, 0) is 37.1 Å². The molecule has 4 nitrogen and oxygen atoms in total. The van der Waals surface area contributed by atoms with Gasteiger partial charge in [0.2, 0.25) is 5.91 Å². The van der Waals surface area contributed by atoms with Crippen molar-refractivity contribution in [2.45, 2.75) is 26.8 Å². The van der Waals surface area contributed by atoms with Gasteiger partial charge in [0.1, 0.15) is 5.82 Å². The molecule has 0 spiro atoms. The SMILES string of the molecule is CCN(C(C)=O)C(C(=O)O)c1ccc(F)cc1C. The third kappa shape index (κ3) is 2.85. The number of carboxylic acids is 1. The Morgan fingerprint density at radius 2 is 2.06 bits per heavy atom. The molecule has 1 atom stereocenters. The number of benzene rings is 1. The zero-order valence-corrected chi connectivity index (χ0v) is 10.6. The third-order valence-corrected chi connectivity index (χ3v) is 2.82. The van der Waals surface area contributed by atoms with Gasteiger partial charge in [-0.15, -0.1) is 0 Å². The van der Waals surface area contributed by atoms with E-state index in [0.717, 1.165) is 0 Å². The number of aryl methyl sites for hydroxylation is 1. The summed E-state index contributed by atoms with van der Waals surface area (Å²) in [7, 11) is 0. The van der Waals surface area contributed by atoms with Crippen LogP contribution in [0.5, 0.6) is 0 Å². The number of hydrogen-bond acceptors (Lipinski definition) is 2. The molecule has 1 aromatic rings. The summed E-state index contributed by atoms with van der Waals surface area (Å²) in [6.45, 7) is 4.93. The molecule has 1 rings (SSSR count). The Kier molecular flexibility index (Phi) is 4.42. The van der Waals surface area contributed by atoms with E-state index in [9.17, 15) is 19.1 Å². The topological polar surface area (TPSA) is 57.6 Å². The Labute approximate surface area is 105 Å². The molecule has 0 radical (unpaired) electrons. The van der Waals surface area contributed by atoms with Crippen LogP contribution in [0.2, 0.25) is 0 Å². The van der Waals surface area contributed by atoms with Crippen LogP contribution in [0.15, 0.2) is 18.2 Å². The van der Waals surface area contributed by atoms with Crippen molar-refractivity contribution in [1.82, 2.24) is 4.90 Å². The van der Waals surface area contributed by atoms with E-state index in [1.807, 2.05) is 0 Å². The van der Waals surface area contributed by atoms with Gasteiger partial charge in [-0.1, -0.05) is 6.07 Å². The van der Waals surface area contributed by atoms with E-state index in [-0.39, 0.29) is 12.5 Å². The second-order valence-corrected chi connectivity index (χ2v) is 4.05. The Morgan fingerprint density at radius 3 is 2.44 bits per heavy atom. The standard InChI is InChI=1S/C13H16FNO3/c1-4-15(9(3)16)12(13(17)18)11-6-5-10(14)7-8(11)2/h5-7,12H,4H2,1-3H3,(H,17,18). The molecular weight excluding hydrogens is 237 g/mol. The first kappa shape index (κ1) is 14.2. The molecule has 5 heteroatoms. The lowest BCUT2D eigenvalue weighted by molar-refractivity contribution is -0.149. The summed E-state index contributed by atoms with van der Waals surface area (Å²) in [5, 5.41) is 9.28. The Balaban J connectivity index is 3.27. The molecular formula is C13H16FNO3. The minimum Gasteiger partial charge on any atom is -0.479 e. The van der Waals surface area contributed by atoms with Crippen molar-refractivity contribution < 1.29 is 19.1 Å². The molecule has 0 aliphatic rings. The van der Waals surface area contributed by atoms with Gasteiger partial charge in [0.05, 0.1) is 0 Å². The van der Waals surface area contributed by atoms with Crippen molar-refractivity contribution in [2.75, 3.05) is 6.54 Å². The molecule has 0 fully saturated rings. The number of amides is 1. The van der Waals surface area contributed by atoms with Gasteiger partial charge in [0.25, 0.3) is 0 Å². The fraction of sp³-hybridized carbons (Fsp3) is 0.385. The first-order valence-electron chi connectivity index (χ1n) is 5.64. The minimum atomic E-state index is -1.12. The van der Waals surface area contributed by atoms with Crippen LogP contribution in [-0.2, 0) is 9.59 Å². The zero-order chi connectivity index (χ0) is 13.9. The number of aliphatic carboxylic acids is 1. The van der Waals surface area contributed by atoms with Gasteiger partial charge < -0.3 is 10.0 Å². The van der Waals surface area contributed by atoms with Crippen molar-refractivity contribution in [1.29, 1.82) is 0 Å². The van der Waals surface area contributed by atoms with E-state index in [2.05, 4.69) is 0 Å². The highest BCUT2D eigenvalue weighted by atomic mass is 19.1. The number of carboxylic acid groups (broad SMARTS) is 1. The first-order valence-corrected chi connectivity index (χ1v) is 5.64. The van der Waals surface area contributed by atoms with E-state index >= 15 is 0 Å². The Bertz CT molecular complexity index is 473. The van der Waals surface area contributed by atoms with Gasteiger partial charge in [0.15, 0.2) is 6.04 Å². The van der Waals surface area contributed by atoms with Crippen molar-refractivity contribution in [3.8, 4) is 0 Å². The average Bonchev–Trinajstić information content (AvgIpc) is 2.26. The summed E-state index contributed by atoms with van der Waals surface area (Å²) < 4.78 is 13.0. The van der Waals surface area contributed by atoms with Crippen LogP contribution in [0.3, 0.4) is 0 Å². The number of halogens is 1. The van der Waals surface area contributed by atoms with E-state index in [1.54, 1.807) is 13.8 Å². The summed E-state index contributed by atoms with van der Waals surface area (Å²) in [5.74, 6) is -1.87. The molecule has 0 bridgehead atoms. The monoisotopic (exact) mass is 253 g/mol. The number of carbonyl (C=O) groups excluding carboxylic acids is 1.